The van der Waals surface area contributed by atoms with Gasteiger partial charge in [0.25, 0.3) is 11.8 Å². The number of quaternary nitrogens is 1. The van der Waals surface area contributed by atoms with Crippen molar-refractivity contribution in [1.29, 1.82) is 0 Å². The number of fused-ring (bicyclic) bond motifs is 1. The van der Waals surface area contributed by atoms with E-state index >= 15 is 0 Å². The van der Waals surface area contributed by atoms with E-state index in [1.54, 1.807) is 19.2 Å². The van der Waals surface area contributed by atoms with Crippen LogP contribution in [0.2, 0.25) is 0 Å². The Hall–Kier alpha value is -2.65. The average Bonchev–Trinajstić information content (AvgIpc) is 3.37. The van der Waals surface area contributed by atoms with E-state index in [0.717, 1.165) is 69.0 Å². The lowest BCUT2D eigenvalue weighted by atomic mass is 9.99. The summed E-state index contributed by atoms with van der Waals surface area (Å²) in [5.74, 6) is -0.495. The summed E-state index contributed by atoms with van der Waals surface area (Å²) in [4.78, 5) is 44.9. The minimum absolute atomic E-state index is 0.0492. The molecule has 3 unspecified atom stereocenters. The number of nitrogens with one attached hydrogen (secondary N) is 3. The van der Waals surface area contributed by atoms with E-state index in [1.807, 2.05) is 30.9 Å². The van der Waals surface area contributed by atoms with Gasteiger partial charge in [0.2, 0.25) is 5.91 Å². The summed E-state index contributed by atoms with van der Waals surface area (Å²) < 4.78 is 1.06. The highest BCUT2D eigenvalue weighted by atomic mass is 16.2. The fourth-order valence-corrected chi connectivity index (χ4v) is 5.64. The SMILES string of the molecule is CC(=O)N1CCN(CC[N+]23CCC2CC(NC(=O)/C(=C/c2ccc[nH]2)C(=O)NC(C)C)C3)CC1. The zero-order chi connectivity index (χ0) is 24.3. The van der Waals surface area contributed by atoms with Gasteiger partial charge in [0.05, 0.1) is 31.7 Å². The summed E-state index contributed by atoms with van der Waals surface area (Å²) in [7, 11) is 0. The lowest BCUT2D eigenvalue weighted by molar-refractivity contribution is -0.977. The molecule has 0 aliphatic carbocycles. The zero-order valence-corrected chi connectivity index (χ0v) is 20.7. The predicted molar refractivity (Wildman–Crippen MR) is 131 cm³/mol. The first-order valence-corrected chi connectivity index (χ1v) is 12.6. The van der Waals surface area contributed by atoms with E-state index in [2.05, 4.69) is 20.5 Å². The molecule has 0 saturated carbocycles. The quantitative estimate of drug-likeness (QED) is 0.223. The van der Waals surface area contributed by atoms with Gasteiger partial charge in [-0.1, -0.05) is 0 Å². The number of hydrogen-bond donors (Lipinski definition) is 3. The summed E-state index contributed by atoms with van der Waals surface area (Å²) in [6, 6.07) is 4.30. The second kappa shape index (κ2) is 10.3. The molecule has 0 bridgehead atoms. The number of aromatic nitrogens is 1. The highest BCUT2D eigenvalue weighted by Crippen LogP contribution is 2.38. The molecular weight excluding hydrogens is 432 g/mol. The van der Waals surface area contributed by atoms with Crippen molar-refractivity contribution < 1.29 is 18.9 Å². The molecule has 186 valence electrons. The number of nitrogens with zero attached hydrogens (tertiary/aromatic N) is 3. The Morgan fingerprint density at radius 1 is 1.21 bits per heavy atom. The molecule has 3 saturated heterocycles. The van der Waals surface area contributed by atoms with Gasteiger partial charge in [-0.05, 0) is 32.1 Å². The molecule has 3 atom stereocenters. The van der Waals surface area contributed by atoms with Crippen molar-refractivity contribution in [2.75, 3.05) is 52.4 Å². The first-order valence-electron chi connectivity index (χ1n) is 12.6. The van der Waals surface area contributed by atoms with Crippen molar-refractivity contribution in [3.05, 3.63) is 29.6 Å². The lowest BCUT2D eigenvalue weighted by Crippen LogP contribution is -2.64. The molecule has 34 heavy (non-hydrogen) atoms. The van der Waals surface area contributed by atoms with E-state index in [9.17, 15) is 14.4 Å². The second-order valence-corrected chi connectivity index (χ2v) is 10.4. The molecule has 3 N–H and O–H groups in total. The molecule has 3 fully saturated rings. The number of carbonyl (C=O) groups excluding carboxylic acids is 3. The van der Waals surface area contributed by atoms with Gasteiger partial charge >= 0.3 is 0 Å². The monoisotopic (exact) mass is 471 g/mol. The van der Waals surface area contributed by atoms with Crippen molar-refractivity contribution in [2.24, 2.45) is 0 Å². The van der Waals surface area contributed by atoms with Crippen LogP contribution >= 0.6 is 0 Å². The third-order valence-corrected chi connectivity index (χ3v) is 7.67. The molecule has 1 aromatic heterocycles. The molecule has 3 aliphatic heterocycles. The van der Waals surface area contributed by atoms with Crippen molar-refractivity contribution in [3.8, 4) is 0 Å². The molecule has 0 radical (unpaired) electrons. The average molecular weight is 472 g/mol. The fraction of sp³-hybridized carbons (Fsp3) is 0.640. The first-order chi connectivity index (χ1) is 16.3. The van der Waals surface area contributed by atoms with Crippen molar-refractivity contribution >= 4 is 23.8 Å². The topological polar surface area (TPSA) is 97.5 Å². The Bertz CT molecular complexity index is 919. The van der Waals surface area contributed by atoms with Crippen molar-refractivity contribution in [1.82, 2.24) is 25.4 Å². The Labute approximate surface area is 202 Å². The minimum atomic E-state index is -0.350. The van der Waals surface area contributed by atoms with Crippen LogP contribution in [0.4, 0.5) is 0 Å². The lowest BCUT2D eigenvalue weighted by Gasteiger charge is -2.49. The van der Waals surface area contributed by atoms with Crippen LogP contribution < -0.4 is 10.6 Å². The van der Waals surface area contributed by atoms with E-state index in [1.165, 1.54) is 6.42 Å². The summed E-state index contributed by atoms with van der Waals surface area (Å²) in [5.41, 5.74) is 0.868. The summed E-state index contributed by atoms with van der Waals surface area (Å²) in [5, 5.41) is 6.02. The Morgan fingerprint density at radius 3 is 2.56 bits per heavy atom. The molecule has 4 rings (SSSR count). The van der Waals surface area contributed by atoms with E-state index < -0.39 is 0 Å². The highest BCUT2D eigenvalue weighted by Gasteiger charge is 2.54. The second-order valence-electron chi connectivity index (χ2n) is 10.4. The van der Waals surface area contributed by atoms with Gasteiger partial charge in [-0.2, -0.15) is 0 Å². The van der Waals surface area contributed by atoms with Gasteiger partial charge in [0, 0.05) is 70.4 Å². The van der Waals surface area contributed by atoms with E-state index in [-0.39, 0.29) is 35.4 Å². The standard InChI is InChI=1S/C25H38N6O3/c1-18(2)27-24(33)23(16-20-5-4-7-26-20)25(34)28-21-15-22-6-13-31(22,17-21)14-12-29-8-10-30(11-9-29)19(3)32/h4-5,7,16,18,21-22H,6,8-15,17H2,1-3H3,(H2-,26,27,28,33,34)/p+1. The van der Waals surface area contributed by atoms with E-state index in [4.69, 9.17) is 0 Å². The first kappa shape index (κ1) is 24.5. The Morgan fingerprint density at radius 2 is 1.97 bits per heavy atom. The molecule has 9 nitrogen and oxygen atoms in total. The van der Waals surface area contributed by atoms with Crippen molar-refractivity contribution in [2.45, 2.75) is 51.7 Å². The van der Waals surface area contributed by atoms with Gasteiger partial charge in [0.1, 0.15) is 5.57 Å². The number of aromatic amines is 1. The Balaban J connectivity index is 1.34. The highest BCUT2D eigenvalue weighted by molar-refractivity contribution is 6.21. The molecular formula is C25H39N6O3+. The molecule has 1 aromatic rings. The van der Waals surface area contributed by atoms with Gasteiger partial charge in [0.15, 0.2) is 0 Å². The van der Waals surface area contributed by atoms with Crippen LogP contribution in [0.5, 0.6) is 0 Å². The van der Waals surface area contributed by atoms with Gasteiger partial charge in [-0.3, -0.25) is 19.3 Å². The van der Waals surface area contributed by atoms with Gasteiger partial charge < -0.3 is 25.0 Å². The summed E-state index contributed by atoms with van der Waals surface area (Å²) in [6.07, 6.45) is 5.56. The van der Waals surface area contributed by atoms with Crippen molar-refractivity contribution in [3.63, 3.8) is 0 Å². The third-order valence-electron chi connectivity index (χ3n) is 7.67. The summed E-state index contributed by atoms with van der Waals surface area (Å²) >= 11 is 0. The van der Waals surface area contributed by atoms with E-state index in [0.29, 0.717) is 6.04 Å². The zero-order valence-electron chi connectivity index (χ0n) is 20.7. The number of rotatable bonds is 8. The largest absolute Gasteiger partial charge is 0.362 e. The molecule has 3 amide bonds. The van der Waals surface area contributed by atoms with Crippen LogP contribution in [0.3, 0.4) is 0 Å². The van der Waals surface area contributed by atoms with Crippen LogP contribution in [-0.2, 0) is 14.4 Å². The van der Waals surface area contributed by atoms with Crippen LogP contribution in [0, 0.1) is 0 Å². The fourth-order valence-electron chi connectivity index (χ4n) is 5.64. The normalized spacial score (nSPS) is 27.3. The van der Waals surface area contributed by atoms with Gasteiger partial charge in [-0.15, -0.1) is 0 Å². The predicted octanol–water partition coefficient (Wildman–Crippen LogP) is 0.564. The minimum Gasteiger partial charge on any atom is -0.362 e. The number of carbonyl (C=O) groups is 3. The van der Waals surface area contributed by atoms with Gasteiger partial charge in [-0.25, -0.2) is 0 Å². The maximum atomic E-state index is 13.2. The molecule has 0 aromatic carbocycles. The molecule has 0 spiro atoms. The molecule has 9 heteroatoms. The Kier molecular flexibility index (Phi) is 7.42. The molecule has 4 heterocycles. The number of piperazine rings is 1. The number of H-pyrrole nitrogens is 1. The van der Waals surface area contributed by atoms with Crippen LogP contribution in [0.25, 0.3) is 6.08 Å². The molecule has 3 aliphatic rings. The number of amides is 3. The van der Waals surface area contributed by atoms with Crippen LogP contribution in [-0.4, -0.2) is 107 Å². The maximum absolute atomic E-state index is 13.2. The summed E-state index contributed by atoms with van der Waals surface area (Å²) in [6.45, 7) is 13.1. The van der Waals surface area contributed by atoms with Crippen LogP contribution in [0.1, 0.15) is 39.3 Å². The maximum Gasteiger partial charge on any atom is 0.257 e. The van der Waals surface area contributed by atoms with Crippen LogP contribution in [0.15, 0.2) is 23.9 Å². The third kappa shape index (κ3) is 5.52. The smallest absolute Gasteiger partial charge is 0.257 e. The number of hydrogen-bond acceptors (Lipinski definition) is 4.